The number of rotatable bonds is 3. The van der Waals surface area contributed by atoms with Crippen molar-refractivity contribution in [2.24, 2.45) is 0 Å². The second-order valence-electron chi connectivity index (χ2n) is 3.94. The van der Waals surface area contributed by atoms with Crippen LogP contribution in [0.3, 0.4) is 0 Å². The zero-order valence-corrected chi connectivity index (χ0v) is 10.5. The van der Waals surface area contributed by atoms with Gasteiger partial charge in [-0.1, -0.05) is 0 Å². The van der Waals surface area contributed by atoms with E-state index >= 15 is 0 Å². The lowest BCUT2D eigenvalue weighted by molar-refractivity contribution is 0.102. The molecule has 0 aliphatic carbocycles. The summed E-state index contributed by atoms with van der Waals surface area (Å²) in [5.41, 5.74) is 3.49. The summed E-state index contributed by atoms with van der Waals surface area (Å²) in [5.74, 6) is -0.250. The highest BCUT2D eigenvalue weighted by Gasteiger charge is 2.13. The molecule has 0 radical (unpaired) electrons. The van der Waals surface area contributed by atoms with Crippen molar-refractivity contribution in [1.82, 2.24) is 15.2 Å². The van der Waals surface area contributed by atoms with E-state index in [9.17, 15) is 4.79 Å². The molecule has 0 fully saturated rings. The molecule has 3 N–H and O–H groups in total. The lowest BCUT2D eigenvalue weighted by Crippen LogP contribution is -2.14. The lowest BCUT2D eigenvalue weighted by Gasteiger charge is -2.06. The smallest absolute Gasteiger partial charge is 0.274 e. The SMILES string of the molecule is CNc1ccnc(C(=O)Nc2c(C)n[nH]c2C)c1. The van der Waals surface area contributed by atoms with Gasteiger partial charge in [-0.3, -0.25) is 14.9 Å². The molecule has 1 amide bonds. The number of aryl methyl sites for hydroxylation is 2. The molecule has 2 rings (SSSR count). The number of hydrogen-bond acceptors (Lipinski definition) is 4. The lowest BCUT2D eigenvalue weighted by atomic mass is 10.2. The molecule has 0 aliphatic rings. The number of aromatic nitrogens is 3. The van der Waals surface area contributed by atoms with Crippen LogP contribution >= 0.6 is 0 Å². The Balaban J connectivity index is 2.22. The Hall–Kier alpha value is -2.37. The van der Waals surface area contributed by atoms with Crippen LogP contribution in [0.1, 0.15) is 21.9 Å². The Morgan fingerprint density at radius 1 is 1.39 bits per heavy atom. The van der Waals surface area contributed by atoms with Crippen LogP contribution in [-0.4, -0.2) is 28.1 Å². The summed E-state index contributed by atoms with van der Waals surface area (Å²) in [7, 11) is 1.79. The first kappa shape index (κ1) is 12.1. The monoisotopic (exact) mass is 245 g/mol. The maximum Gasteiger partial charge on any atom is 0.274 e. The van der Waals surface area contributed by atoms with Crippen LogP contribution < -0.4 is 10.6 Å². The molecule has 0 aromatic carbocycles. The van der Waals surface area contributed by atoms with Crippen molar-refractivity contribution < 1.29 is 4.79 Å². The minimum atomic E-state index is -0.250. The van der Waals surface area contributed by atoms with E-state index in [0.717, 1.165) is 17.1 Å². The molecule has 18 heavy (non-hydrogen) atoms. The van der Waals surface area contributed by atoms with Crippen LogP contribution in [0.5, 0.6) is 0 Å². The molecule has 0 saturated heterocycles. The Morgan fingerprint density at radius 2 is 2.17 bits per heavy atom. The molecular formula is C12H15N5O. The van der Waals surface area contributed by atoms with Gasteiger partial charge in [0.15, 0.2) is 0 Å². The maximum absolute atomic E-state index is 12.0. The zero-order valence-electron chi connectivity index (χ0n) is 10.5. The van der Waals surface area contributed by atoms with Gasteiger partial charge in [-0.25, -0.2) is 0 Å². The summed E-state index contributed by atoms with van der Waals surface area (Å²) >= 11 is 0. The van der Waals surface area contributed by atoms with E-state index in [2.05, 4.69) is 25.8 Å². The van der Waals surface area contributed by atoms with Gasteiger partial charge in [-0.2, -0.15) is 5.10 Å². The van der Waals surface area contributed by atoms with Gasteiger partial charge in [0.25, 0.3) is 5.91 Å². The van der Waals surface area contributed by atoms with Gasteiger partial charge >= 0.3 is 0 Å². The fourth-order valence-electron chi connectivity index (χ4n) is 1.62. The highest BCUT2D eigenvalue weighted by atomic mass is 16.1. The predicted molar refractivity (Wildman–Crippen MR) is 69.8 cm³/mol. The average Bonchev–Trinajstić information content (AvgIpc) is 2.70. The minimum absolute atomic E-state index is 0.250. The summed E-state index contributed by atoms with van der Waals surface area (Å²) in [6.45, 7) is 3.68. The second kappa shape index (κ2) is 4.87. The molecule has 2 aromatic heterocycles. The maximum atomic E-state index is 12.0. The van der Waals surface area contributed by atoms with Crippen molar-refractivity contribution in [1.29, 1.82) is 0 Å². The summed E-state index contributed by atoms with van der Waals surface area (Å²) in [6, 6.07) is 3.49. The molecule has 94 valence electrons. The van der Waals surface area contributed by atoms with Crippen LogP contribution in [0, 0.1) is 13.8 Å². The Kier molecular flexibility index (Phi) is 3.27. The number of aromatic amines is 1. The molecular weight excluding hydrogens is 230 g/mol. The Bertz CT molecular complexity index is 556. The summed E-state index contributed by atoms with van der Waals surface area (Å²) in [4.78, 5) is 16.1. The van der Waals surface area contributed by atoms with Crippen molar-refractivity contribution in [2.75, 3.05) is 17.7 Å². The zero-order chi connectivity index (χ0) is 13.1. The molecule has 0 bridgehead atoms. The van der Waals surface area contributed by atoms with Gasteiger partial charge in [0, 0.05) is 18.9 Å². The van der Waals surface area contributed by atoms with Crippen molar-refractivity contribution in [3.63, 3.8) is 0 Å². The van der Waals surface area contributed by atoms with E-state index in [0.29, 0.717) is 11.4 Å². The van der Waals surface area contributed by atoms with Crippen LogP contribution in [0.25, 0.3) is 0 Å². The summed E-state index contributed by atoms with van der Waals surface area (Å²) < 4.78 is 0. The summed E-state index contributed by atoms with van der Waals surface area (Å²) in [5, 5.41) is 12.6. The molecule has 0 atom stereocenters. The number of carbonyl (C=O) groups excluding carboxylic acids is 1. The van der Waals surface area contributed by atoms with Gasteiger partial charge in [-0.05, 0) is 26.0 Å². The highest BCUT2D eigenvalue weighted by molar-refractivity contribution is 6.03. The number of pyridine rings is 1. The third-order valence-electron chi connectivity index (χ3n) is 2.65. The quantitative estimate of drug-likeness (QED) is 0.768. The topological polar surface area (TPSA) is 82.7 Å². The van der Waals surface area contributed by atoms with Crippen LogP contribution in [0.2, 0.25) is 0 Å². The van der Waals surface area contributed by atoms with E-state index in [1.54, 1.807) is 25.4 Å². The molecule has 0 saturated carbocycles. The van der Waals surface area contributed by atoms with Gasteiger partial charge in [0.2, 0.25) is 0 Å². The first-order valence-corrected chi connectivity index (χ1v) is 5.58. The average molecular weight is 245 g/mol. The van der Waals surface area contributed by atoms with Gasteiger partial charge in [0.1, 0.15) is 5.69 Å². The number of hydrogen-bond donors (Lipinski definition) is 3. The third-order valence-corrected chi connectivity index (χ3v) is 2.65. The summed E-state index contributed by atoms with van der Waals surface area (Å²) in [6.07, 6.45) is 1.59. The number of amides is 1. The number of nitrogens with zero attached hydrogens (tertiary/aromatic N) is 2. The normalized spacial score (nSPS) is 10.2. The van der Waals surface area contributed by atoms with Crippen LogP contribution in [0.15, 0.2) is 18.3 Å². The molecule has 2 heterocycles. The predicted octanol–water partition coefficient (Wildman–Crippen LogP) is 1.72. The Morgan fingerprint density at radius 3 is 2.78 bits per heavy atom. The van der Waals surface area contributed by atoms with E-state index in [1.165, 1.54) is 0 Å². The van der Waals surface area contributed by atoms with Crippen molar-refractivity contribution in [3.05, 3.63) is 35.4 Å². The van der Waals surface area contributed by atoms with E-state index in [4.69, 9.17) is 0 Å². The van der Waals surface area contributed by atoms with E-state index in [1.807, 2.05) is 13.8 Å². The fraction of sp³-hybridized carbons (Fsp3) is 0.250. The van der Waals surface area contributed by atoms with Gasteiger partial charge in [0.05, 0.1) is 17.1 Å². The third kappa shape index (κ3) is 2.32. The first-order chi connectivity index (χ1) is 8.61. The number of carbonyl (C=O) groups is 1. The number of H-pyrrole nitrogens is 1. The molecule has 0 aliphatic heterocycles. The number of nitrogens with one attached hydrogen (secondary N) is 3. The van der Waals surface area contributed by atoms with Crippen molar-refractivity contribution in [2.45, 2.75) is 13.8 Å². The van der Waals surface area contributed by atoms with E-state index < -0.39 is 0 Å². The van der Waals surface area contributed by atoms with Gasteiger partial charge in [-0.15, -0.1) is 0 Å². The van der Waals surface area contributed by atoms with Crippen LogP contribution in [-0.2, 0) is 0 Å². The molecule has 0 unspecified atom stereocenters. The molecule has 2 aromatic rings. The second-order valence-corrected chi connectivity index (χ2v) is 3.94. The number of anilines is 2. The van der Waals surface area contributed by atoms with Crippen molar-refractivity contribution >= 4 is 17.3 Å². The minimum Gasteiger partial charge on any atom is -0.388 e. The van der Waals surface area contributed by atoms with Crippen molar-refractivity contribution in [3.8, 4) is 0 Å². The fourth-order valence-corrected chi connectivity index (χ4v) is 1.62. The molecule has 6 heteroatoms. The molecule has 0 spiro atoms. The van der Waals surface area contributed by atoms with E-state index in [-0.39, 0.29) is 5.91 Å². The molecule has 6 nitrogen and oxygen atoms in total. The first-order valence-electron chi connectivity index (χ1n) is 5.58. The van der Waals surface area contributed by atoms with Gasteiger partial charge < -0.3 is 10.6 Å². The largest absolute Gasteiger partial charge is 0.388 e. The Labute approximate surface area is 105 Å². The van der Waals surface area contributed by atoms with Crippen LogP contribution in [0.4, 0.5) is 11.4 Å². The standard InChI is InChI=1S/C12H15N5O/c1-7-11(8(2)17-16-7)15-12(18)10-6-9(13-3)4-5-14-10/h4-6H,1-3H3,(H,13,14)(H,15,18)(H,16,17). The highest BCUT2D eigenvalue weighted by Crippen LogP contribution is 2.17.